The Labute approximate surface area is 115 Å². The van der Waals surface area contributed by atoms with Crippen LogP contribution in [-0.2, 0) is 9.53 Å². The van der Waals surface area contributed by atoms with Gasteiger partial charge in [-0.15, -0.1) is 0 Å². The van der Waals surface area contributed by atoms with E-state index in [0.717, 1.165) is 12.3 Å². The molecule has 0 atom stereocenters. The first-order valence-electron chi connectivity index (χ1n) is 5.98. The Hall–Kier alpha value is -2.69. The van der Waals surface area contributed by atoms with Crippen molar-refractivity contribution in [1.29, 1.82) is 5.26 Å². The maximum absolute atomic E-state index is 11.5. The second-order valence-corrected chi connectivity index (χ2v) is 3.75. The highest BCUT2D eigenvalue weighted by atomic mass is 16.6. The van der Waals surface area contributed by atoms with Crippen LogP contribution in [0.1, 0.15) is 19.4 Å². The predicted octanol–water partition coefficient (Wildman–Crippen LogP) is 1.25. The molecule has 0 spiro atoms. The maximum Gasteiger partial charge on any atom is 0.325 e. The van der Waals surface area contributed by atoms with Gasteiger partial charge in [0.15, 0.2) is 0 Å². The first-order valence-corrected chi connectivity index (χ1v) is 5.98. The number of anilines is 1. The molecule has 0 saturated carbocycles. The largest absolute Gasteiger partial charge is 0.465 e. The van der Waals surface area contributed by atoms with Gasteiger partial charge >= 0.3 is 5.97 Å². The van der Waals surface area contributed by atoms with E-state index in [1.165, 1.54) is 4.90 Å². The molecule has 8 heteroatoms. The van der Waals surface area contributed by atoms with Crippen molar-refractivity contribution in [2.45, 2.75) is 13.8 Å². The summed E-state index contributed by atoms with van der Waals surface area (Å²) in [5.41, 5.74) is -0.220. The molecule has 0 amide bonds. The molecule has 0 aliphatic carbocycles. The van der Waals surface area contributed by atoms with Crippen LogP contribution in [0, 0.1) is 21.4 Å². The van der Waals surface area contributed by atoms with Crippen LogP contribution in [-0.4, -0.2) is 35.6 Å². The molecule has 1 heterocycles. The second-order valence-electron chi connectivity index (χ2n) is 3.75. The normalized spacial score (nSPS) is 9.65. The average molecular weight is 278 g/mol. The van der Waals surface area contributed by atoms with Crippen LogP contribution < -0.4 is 4.90 Å². The number of nitriles is 1. The summed E-state index contributed by atoms with van der Waals surface area (Å²) in [5, 5.41) is 19.7. The van der Waals surface area contributed by atoms with Gasteiger partial charge in [-0.25, -0.2) is 4.98 Å². The molecule has 1 aromatic heterocycles. The average Bonchev–Trinajstić information content (AvgIpc) is 2.44. The quantitative estimate of drug-likeness (QED) is 0.437. The van der Waals surface area contributed by atoms with Gasteiger partial charge in [0.05, 0.1) is 11.5 Å². The first kappa shape index (κ1) is 15.4. The van der Waals surface area contributed by atoms with Crippen molar-refractivity contribution >= 4 is 17.5 Å². The molecular formula is C12H14N4O4. The fourth-order valence-corrected chi connectivity index (χ4v) is 1.58. The highest BCUT2D eigenvalue weighted by Crippen LogP contribution is 2.21. The Balaban J connectivity index is 3.06. The smallest absolute Gasteiger partial charge is 0.325 e. The van der Waals surface area contributed by atoms with Gasteiger partial charge < -0.3 is 9.64 Å². The van der Waals surface area contributed by atoms with Crippen molar-refractivity contribution in [1.82, 2.24) is 4.98 Å². The predicted molar refractivity (Wildman–Crippen MR) is 70.1 cm³/mol. The number of nitrogens with zero attached hydrogens (tertiary/aromatic N) is 4. The third-order valence-electron chi connectivity index (χ3n) is 2.49. The van der Waals surface area contributed by atoms with Crippen molar-refractivity contribution in [3.63, 3.8) is 0 Å². The van der Waals surface area contributed by atoms with Gasteiger partial charge in [0.25, 0.3) is 5.69 Å². The standard InChI is InChI=1S/C12H14N4O4/c1-3-15(8-11(17)20-4-2)12-9(6-13)5-10(7-14-12)16(18)19/h5,7H,3-4,8H2,1-2H3. The minimum Gasteiger partial charge on any atom is -0.465 e. The lowest BCUT2D eigenvalue weighted by Crippen LogP contribution is -2.32. The third-order valence-corrected chi connectivity index (χ3v) is 2.49. The summed E-state index contributed by atoms with van der Waals surface area (Å²) in [5.74, 6) is -0.216. The number of aromatic nitrogens is 1. The van der Waals surface area contributed by atoms with Crippen molar-refractivity contribution in [3.05, 3.63) is 27.9 Å². The number of esters is 1. The molecule has 106 valence electrons. The van der Waals surface area contributed by atoms with E-state index < -0.39 is 10.9 Å². The van der Waals surface area contributed by atoms with Crippen LogP contribution in [0.3, 0.4) is 0 Å². The van der Waals surface area contributed by atoms with E-state index in [4.69, 9.17) is 10.00 Å². The summed E-state index contributed by atoms with van der Waals surface area (Å²) in [4.78, 5) is 26.9. The van der Waals surface area contributed by atoms with Gasteiger partial charge in [0.2, 0.25) is 0 Å². The van der Waals surface area contributed by atoms with Crippen LogP contribution >= 0.6 is 0 Å². The van der Waals surface area contributed by atoms with Crippen LogP contribution in [0.2, 0.25) is 0 Å². The van der Waals surface area contributed by atoms with Crippen LogP contribution in [0.5, 0.6) is 0 Å². The minimum atomic E-state index is -0.626. The molecular weight excluding hydrogens is 264 g/mol. The van der Waals surface area contributed by atoms with Crippen molar-refractivity contribution < 1.29 is 14.5 Å². The Bertz CT molecular complexity index is 553. The maximum atomic E-state index is 11.5. The summed E-state index contributed by atoms with van der Waals surface area (Å²) >= 11 is 0. The van der Waals surface area contributed by atoms with Crippen LogP contribution in [0.4, 0.5) is 11.5 Å². The van der Waals surface area contributed by atoms with E-state index in [-0.39, 0.29) is 30.2 Å². The lowest BCUT2D eigenvalue weighted by molar-refractivity contribution is -0.385. The summed E-state index contributed by atoms with van der Waals surface area (Å²) in [7, 11) is 0. The van der Waals surface area contributed by atoms with E-state index in [1.54, 1.807) is 13.8 Å². The van der Waals surface area contributed by atoms with Gasteiger partial charge in [-0.3, -0.25) is 14.9 Å². The van der Waals surface area contributed by atoms with Crippen LogP contribution in [0.25, 0.3) is 0 Å². The number of pyridine rings is 1. The number of hydrogen-bond acceptors (Lipinski definition) is 7. The third kappa shape index (κ3) is 3.65. The highest BCUT2D eigenvalue weighted by Gasteiger charge is 2.18. The number of carbonyl (C=O) groups is 1. The molecule has 1 rings (SSSR count). The zero-order valence-electron chi connectivity index (χ0n) is 11.2. The van der Waals surface area contributed by atoms with Gasteiger partial charge in [-0.2, -0.15) is 5.26 Å². The molecule has 0 radical (unpaired) electrons. The summed E-state index contributed by atoms with van der Waals surface area (Å²) in [6.07, 6.45) is 1.06. The van der Waals surface area contributed by atoms with E-state index >= 15 is 0 Å². The van der Waals surface area contributed by atoms with E-state index in [9.17, 15) is 14.9 Å². The molecule has 0 N–H and O–H groups in total. The van der Waals surface area contributed by atoms with Gasteiger partial charge in [0, 0.05) is 12.6 Å². The van der Waals surface area contributed by atoms with Gasteiger partial charge in [-0.05, 0) is 13.8 Å². The van der Waals surface area contributed by atoms with E-state index in [0.29, 0.717) is 6.54 Å². The summed E-state index contributed by atoms with van der Waals surface area (Å²) in [6.45, 7) is 4.08. The Morgan fingerprint density at radius 1 is 1.60 bits per heavy atom. The number of likely N-dealkylation sites (N-methyl/N-ethyl adjacent to an activating group) is 1. The Morgan fingerprint density at radius 2 is 2.30 bits per heavy atom. The minimum absolute atomic E-state index is 0.0466. The van der Waals surface area contributed by atoms with Crippen molar-refractivity contribution in [2.75, 3.05) is 24.6 Å². The molecule has 8 nitrogen and oxygen atoms in total. The molecule has 1 aromatic rings. The highest BCUT2D eigenvalue weighted by molar-refractivity contribution is 5.76. The SMILES string of the molecule is CCOC(=O)CN(CC)c1ncc([N+](=O)[O-])cc1C#N. The molecule has 20 heavy (non-hydrogen) atoms. The first-order chi connectivity index (χ1) is 9.53. The number of carbonyl (C=O) groups excluding carboxylic acids is 1. The zero-order chi connectivity index (χ0) is 15.1. The fourth-order valence-electron chi connectivity index (χ4n) is 1.58. The molecule has 0 unspecified atom stereocenters. The lowest BCUT2D eigenvalue weighted by atomic mass is 10.2. The molecule has 0 aromatic carbocycles. The van der Waals surface area contributed by atoms with Gasteiger partial charge in [-0.1, -0.05) is 0 Å². The van der Waals surface area contributed by atoms with Crippen LogP contribution in [0.15, 0.2) is 12.3 Å². The van der Waals surface area contributed by atoms with E-state index in [2.05, 4.69) is 4.98 Å². The summed E-state index contributed by atoms with van der Waals surface area (Å²) < 4.78 is 4.83. The summed E-state index contributed by atoms with van der Waals surface area (Å²) in [6, 6.07) is 2.99. The lowest BCUT2D eigenvalue weighted by Gasteiger charge is -2.21. The number of hydrogen-bond donors (Lipinski definition) is 0. The fraction of sp³-hybridized carbons (Fsp3) is 0.417. The molecule has 0 fully saturated rings. The van der Waals surface area contributed by atoms with Gasteiger partial charge in [0.1, 0.15) is 30.2 Å². The number of nitro groups is 1. The Morgan fingerprint density at radius 3 is 2.80 bits per heavy atom. The molecule has 0 saturated heterocycles. The second kappa shape index (κ2) is 7.04. The Kier molecular flexibility index (Phi) is 5.41. The zero-order valence-corrected chi connectivity index (χ0v) is 11.2. The topological polar surface area (TPSA) is 109 Å². The molecule has 0 aliphatic rings. The number of ether oxygens (including phenoxy) is 1. The van der Waals surface area contributed by atoms with Crippen molar-refractivity contribution in [2.24, 2.45) is 0 Å². The van der Waals surface area contributed by atoms with Crippen molar-refractivity contribution in [3.8, 4) is 6.07 Å². The molecule has 0 aliphatic heterocycles. The monoisotopic (exact) mass is 278 g/mol. The van der Waals surface area contributed by atoms with E-state index in [1.807, 2.05) is 6.07 Å². The molecule has 0 bridgehead atoms. The number of rotatable bonds is 6.